The minimum atomic E-state index is 0.314. The molecule has 1 aliphatic heterocycles. The van der Waals surface area contributed by atoms with Crippen LogP contribution in [-0.2, 0) is 0 Å². The summed E-state index contributed by atoms with van der Waals surface area (Å²) in [5, 5.41) is 2.85. The van der Waals surface area contributed by atoms with Gasteiger partial charge in [-0.1, -0.05) is 78.4 Å². The molecule has 0 unspecified atom stereocenters. The molecule has 2 aliphatic rings. The summed E-state index contributed by atoms with van der Waals surface area (Å²) in [6, 6.07) is 27.2. The lowest BCUT2D eigenvalue weighted by atomic mass is 9.86. The van der Waals surface area contributed by atoms with Crippen LogP contribution in [0.5, 0.6) is 0 Å². The van der Waals surface area contributed by atoms with Crippen LogP contribution in [0.1, 0.15) is 28.2 Å². The molecular formula is C26H20S2. The number of hydrogen-bond donors (Lipinski definition) is 0. The molecule has 0 saturated heterocycles. The van der Waals surface area contributed by atoms with E-state index in [1.54, 1.807) is 0 Å². The fraction of sp³-hybridized carbons (Fsp3) is 0.154. The van der Waals surface area contributed by atoms with Gasteiger partial charge in [0.25, 0.3) is 0 Å². The SMILES string of the molecule is Cc1ccc2c(c1)[C@@H](c1ccccc1)c1c-2c2c(c3ccccc13)SCCS2. The Morgan fingerprint density at radius 1 is 0.750 bits per heavy atom. The van der Waals surface area contributed by atoms with Crippen LogP contribution in [0.15, 0.2) is 82.6 Å². The summed E-state index contributed by atoms with van der Waals surface area (Å²) in [4.78, 5) is 3.00. The van der Waals surface area contributed by atoms with Gasteiger partial charge in [0.2, 0.25) is 0 Å². The number of fused-ring (bicyclic) bond motifs is 8. The van der Waals surface area contributed by atoms with Crippen molar-refractivity contribution in [2.45, 2.75) is 22.6 Å². The zero-order valence-corrected chi connectivity index (χ0v) is 17.4. The average Bonchev–Trinajstić information content (AvgIpc) is 3.09. The topological polar surface area (TPSA) is 0 Å². The van der Waals surface area contributed by atoms with E-state index >= 15 is 0 Å². The Balaban J connectivity index is 1.79. The molecule has 6 rings (SSSR count). The minimum Gasteiger partial charge on any atom is -0.123 e. The van der Waals surface area contributed by atoms with Crippen molar-refractivity contribution in [1.29, 1.82) is 0 Å². The van der Waals surface area contributed by atoms with E-state index in [1.807, 2.05) is 11.8 Å². The molecule has 1 atom stereocenters. The molecule has 0 spiro atoms. The Morgan fingerprint density at radius 3 is 2.29 bits per heavy atom. The van der Waals surface area contributed by atoms with Crippen LogP contribution < -0.4 is 0 Å². The van der Waals surface area contributed by atoms with Crippen LogP contribution >= 0.6 is 23.5 Å². The first-order chi connectivity index (χ1) is 13.8. The van der Waals surface area contributed by atoms with Crippen LogP contribution in [0.4, 0.5) is 0 Å². The van der Waals surface area contributed by atoms with E-state index in [0.29, 0.717) is 5.92 Å². The highest BCUT2D eigenvalue weighted by Crippen LogP contribution is 2.58. The molecule has 1 heterocycles. The zero-order chi connectivity index (χ0) is 18.7. The molecule has 136 valence electrons. The summed E-state index contributed by atoms with van der Waals surface area (Å²) in [5.41, 5.74) is 8.65. The van der Waals surface area contributed by atoms with Crippen LogP contribution in [-0.4, -0.2) is 11.5 Å². The maximum atomic E-state index is 2.41. The third kappa shape index (κ3) is 2.34. The van der Waals surface area contributed by atoms with Gasteiger partial charge < -0.3 is 0 Å². The van der Waals surface area contributed by atoms with Crippen LogP contribution in [0.3, 0.4) is 0 Å². The van der Waals surface area contributed by atoms with Crippen molar-refractivity contribution in [3.8, 4) is 11.1 Å². The first kappa shape index (κ1) is 16.8. The lowest BCUT2D eigenvalue weighted by Gasteiger charge is -2.23. The standard InChI is InChI=1S/C26H20S2/c1-16-11-12-19-21(15-16)22(17-7-3-2-4-8-17)23-18-9-5-6-10-20(18)25-26(24(19)23)28-14-13-27-25/h2-12,15,22H,13-14H2,1H3/t22-/m1/s1. The van der Waals surface area contributed by atoms with Gasteiger partial charge in [0.15, 0.2) is 0 Å². The van der Waals surface area contributed by atoms with Crippen molar-refractivity contribution in [3.05, 3.63) is 95.1 Å². The third-order valence-corrected chi connectivity index (χ3v) is 8.56. The molecule has 2 heteroatoms. The van der Waals surface area contributed by atoms with E-state index in [1.165, 1.54) is 65.4 Å². The molecule has 28 heavy (non-hydrogen) atoms. The molecule has 0 radical (unpaired) electrons. The molecule has 0 N–H and O–H groups in total. The molecular weight excluding hydrogens is 376 g/mol. The van der Waals surface area contributed by atoms with Gasteiger partial charge in [-0.25, -0.2) is 0 Å². The van der Waals surface area contributed by atoms with Crippen LogP contribution in [0.25, 0.3) is 21.9 Å². The maximum Gasteiger partial charge on any atom is 0.0358 e. The second kappa shape index (κ2) is 6.43. The van der Waals surface area contributed by atoms with Gasteiger partial charge in [-0.05, 0) is 39.9 Å². The number of benzene rings is 4. The van der Waals surface area contributed by atoms with Gasteiger partial charge in [-0.2, -0.15) is 0 Å². The smallest absolute Gasteiger partial charge is 0.0358 e. The summed E-state index contributed by atoms with van der Waals surface area (Å²) in [7, 11) is 0. The highest BCUT2D eigenvalue weighted by atomic mass is 32.2. The Labute approximate surface area is 174 Å². The van der Waals surface area contributed by atoms with Gasteiger partial charge in [0, 0.05) is 32.8 Å². The van der Waals surface area contributed by atoms with Crippen molar-refractivity contribution in [3.63, 3.8) is 0 Å². The van der Waals surface area contributed by atoms with E-state index in [4.69, 9.17) is 0 Å². The van der Waals surface area contributed by atoms with Crippen molar-refractivity contribution in [2.75, 3.05) is 11.5 Å². The highest BCUT2D eigenvalue weighted by Gasteiger charge is 2.36. The molecule has 0 amide bonds. The molecule has 1 aliphatic carbocycles. The Kier molecular flexibility index (Phi) is 3.85. The lowest BCUT2D eigenvalue weighted by molar-refractivity contribution is 1.02. The fourth-order valence-electron chi connectivity index (χ4n) is 4.84. The van der Waals surface area contributed by atoms with E-state index < -0.39 is 0 Å². The summed E-state index contributed by atoms with van der Waals surface area (Å²) >= 11 is 4.09. The molecule has 0 saturated carbocycles. The minimum absolute atomic E-state index is 0.314. The first-order valence-corrected chi connectivity index (χ1v) is 11.8. The Morgan fingerprint density at radius 2 is 1.46 bits per heavy atom. The number of thioether (sulfide) groups is 2. The van der Waals surface area contributed by atoms with E-state index in [2.05, 4.69) is 91.5 Å². The summed E-state index contributed by atoms with van der Waals surface area (Å²) in [6.45, 7) is 2.21. The first-order valence-electron chi connectivity index (χ1n) is 9.83. The third-order valence-electron chi connectivity index (χ3n) is 5.95. The number of hydrogen-bond acceptors (Lipinski definition) is 2. The van der Waals surface area contributed by atoms with E-state index in [9.17, 15) is 0 Å². The van der Waals surface area contributed by atoms with Crippen molar-refractivity contribution in [2.24, 2.45) is 0 Å². The van der Waals surface area contributed by atoms with Gasteiger partial charge in [-0.3, -0.25) is 0 Å². The fourth-order valence-corrected chi connectivity index (χ4v) is 7.44. The van der Waals surface area contributed by atoms with Gasteiger partial charge >= 0.3 is 0 Å². The Hall–Kier alpha value is -2.16. The van der Waals surface area contributed by atoms with Crippen molar-refractivity contribution in [1.82, 2.24) is 0 Å². The summed E-state index contributed by atoms with van der Waals surface area (Å²) < 4.78 is 0. The summed E-state index contributed by atoms with van der Waals surface area (Å²) in [6.07, 6.45) is 0. The summed E-state index contributed by atoms with van der Waals surface area (Å²) in [5.74, 6) is 2.71. The highest BCUT2D eigenvalue weighted by molar-refractivity contribution is 8.05. The van der Waals surface area contributed by atoms with Crippen molar-refractivity contribution >= 4 is 34.3 Å². The van der Waals surface area contributed by atoms with E-state index in [0.717, 1.165) is 0 Å². The average molecular weight is 397 g/mol. The monoisotopic (exact) mass is 396 g/mol. The molecule has 0 fully saturated rings. The Bertz CT molecular complexity index is 1220. The van der Waals surface area contributed by atoms with Crippen LogP contribution in [0, 0.1) is 6.92 Å². The molecule has 4 aromatic carbocycles. The molecule has 0 nitrogen and oxygen atoms in total. The van der Waals surface area contributed by atoms with Gasteiger partial charge in [0.05, 0.1) is 0 Å². The molecule has 0 aromatic heterocycles. The lowest BCUT2D eigenvalue weighted by Crippen LogP contribution is -2.03. The predicted octanol–water partition coefficient (Wildman–Crippen LogP) is 7.51. The van der Waals surface area contributed by atoms with E-state index in [-0.39, 0.29) is 0 Å². The van der Waals surface area contributed by atoms with Crippen LogP contribution in [0.2, 0.25) is 0 Å². The second-order valence-electron chi connectivity index (χ2n) is 7.62. The molecule has 0 bridgehead atoms. The maximum absolute atomic E-state index is 2.41. The molecule has 4 aromatic rings. The van der Waals surface area contributed by atoms with Gasteiger partial charge in [0.1, 0.15) is 0 Å². The van der Waals surface area contributed by atoms with Crippen molar-refractivity contribution < 1.29 is 0 Å². The number of aryl methyl sites for hydroxylation is 1. The largest absolute Gasteiger partial charge is 0.123 e. The second-order valence-corrected chi connectivity index (χ2v) is 9.83. The number of rotatable bonds is 1. The van der Waals surface area contributed by atoms with Gasteiger partial charge in [-0.15, -0.1) is 23.5 Å². The normalized spacial score (nSPS) is 17.2. The quantitative estimate of drug-likeness (QED) is 0.287. The predicted molar refractivity (Wildman–Crippen MR) is 123 cm³/mol. The zero-order valence-electron chi connectivity index (χ0n) is 15.7.